The molecule has 0 spiro atoms. The van der Waals surface area contributed by atoms with Gasteiger partial charge in [-0.15, -0.1) is 0 Å². The SMILES string of the molecule is CCC(C)N1Cc2ccc(C(F)(F)F)cc2C1CN. The van der Waals surface area contributed by atoms with Gasteiger partial charge in [-0.2, -0.15) is 13.2 Å². The Balaban J connectivity index is 2.37. The van der Waals surface area contributed by atoms with Gasteiger partial charge in [-0.25, -0.2) is 0 Å². The lowest BCUT2D eigenvalue weighted by molar-refractivity contribution is -0.137. The summed E-state index contributed by atoms with van der Waals surface area (Å²) in [6, 6.07) is 4.22. The molecule has 1 heterocycles. The second-order valence-corrected chi connectivity index (χ2v) is 5.09. The van der Waals surface area contributed by atoms with Crippen LogP contribution in [0.25, 0.3) is 0 Å². The molecule has 2 unspecified atom stereocenters. The minimum Gasteiger partial charge on any atom is -0.329 e. The van der Waals surface area contributed by atoms with Gasteiger partial charge in [0.15, 0.2) is 0 Å². The van der Waals surface area contributed by atoms with Crippen molar-refractivity contribution in [3.05, 3.63) is 34.9 Å². The van der Waals surface area contributed by atoms with Gasteiger partial charge in [0.25, 0.3) is 0 Å². The fraction of sp³-hybridized carbons (Fsp3) is 0.571. The molecule has 0 bridgehead atoms. The summed E-state index contributed by atoms with van der Waals surface area (Å²) in [6.45, 7) is 5.19. The predicted octanol–water partition coefficient (Wildman–Crippen LogP) is 3.32. The Kier molecular flexibility index (Phi) is 3.87. The number of benzene rings is 1. The molecule has 2 nitrogen and oxygen atoms in total. The average molecular weight is 272 g/mol. The van der Waals surface area contributed by atoms with E-state index in [1.807, 2.05) is 0 Å². The van der Waals surface area contributed by atoms with Gasteiger partial charge >= 0.3 is 6.18 Å². The first-order chi connectivity index (χ1) is 8.88. The summed E-state index contributed by atoms with van der Waals surface area (Å²) in [7, 11) is 0. The van der Waals surface area contributed by atoms with Gasteiger partial charge in [0, 0.05) is 25.2 Å². The highest BCUT2D eigenvalue weighted by Crippen LogP contribution is 2.39. The van der Waals surface area contributed by atoms with Crippen molar-refractivity contribution in [3.63, 3.8) is 0 Å². The van der Waals surface area contributed by atoms with Crippen LogP contribution in [0.1, 0.15) is 43.0 Å². The molecule has 1 aromatic carbocycles. The minimum absolute atomic E-state index is 0.104. The van der Waals surface area contributed by atoms with Crippen LogP contribution in [0, 0.1) is 0 Å². The standard InChI is InChI=1S/C14H19F3N2/c1-3-9(2)19-8-10-4-5-11(14(15,16)17)6-12(10)13(19)7-18/h4-6,9,13H,3,7-8,18H2,1-2H3. The molecule has 0 radical (unpaired) electrons. The van der Waals surface area contributed by atoms with Gasteiger partial charge in [-0.1, -0.05) is 13.0 Å². The van der Waals surface area contributed by atoms with E-state index in [1.54, 1.807) is 6.07 Å². The largest absolute Gasteiger partial charge is 0.416 e. The van der Waals surface area contributed by atoms with E-state index in [1.165, 1.54) is 6.07 Å². The van der Waals surface area contributed by atoms with Gasteiger partial charge in [0.2, 0.25) is 0 Å². The molecule has 0 fully saturated rings. The molecule has 2 atom stereocenters. The number of hydrogen-bond acceptors (Lipinski definition) is 2. The van der Waals surface area contributed by atoms with Crippen LogP contribution in [-0.4, -0.2) is 17.5 Å². The maximum Gasteiger partial charge on any atom is 0.416 e. The maximum absolute atomic E-state index is 12.8. The van der Waals surface area contributed by atoms with E-state index in [9.17, 15) is 13.2 Å². The molecule has 1 aliphatic heterocycles. The van der Waals surface area contributed by atoms with Gasteiger partial charge < -0.3 is 5.73 Å². The molecule has 0 aliphatic carbocycles. The van der Waals surface area contributed by atoms with Crippen molar-refractivity contribution in [2.24, 2.45) is 5.73 Å². The number of halogens is 3. The first kappa shape index (κ1) is 14.3. The molecule has 0 aromatic heterocycles. The van der Waals surface area contributed by atoms with E-state index in [-0.39, 0.29) is 6.04 Å². The Morgan fingerprint density at radius 1 is 1.42 bits per heavy atom. The summed E-state index contributed by atoms with van der Waals surface area (Å²) in [6.07, 6.45) is -3.34. The van der Waals surface area contributed by atoms with Crippen molar-refractivity contribution < 1.29 is 13.2 Å². The molecule has 0 saturated heterocycles. The van der Waals surface area contributed by atoms with Gasteiger partial charge in [-0.3, -0.25) is 4.90 Å². The second kappa shape index (κ2) is 5.13. The number of nitrogens with zero attached hydrogens (tertiary/aromatic N) is 1. The molecule has 0 saturated carbocycles. The number of fused-ring (bicyclic) bond motifs is 1. The third-order valence-corrected chi connectivity index (χ3v) is 3.97. The quantitative estimate of drug-likeness (QED) is 0.914. The van der Waals surface area contributed by atoms with Crippen LogP contribution < -0.4 is 5.73 Å². The zero-order valence-electron chi connectivity index (χ0n) is 11.2. The van der Waals surface area contributed by atoms with Crippen LogP contribution >= 0.6 is 0 Å². The van der Waals surface area contributed by atoms with Crippen molar-refractivity contribution in [2.45, 2.75) is 45.1 Å². The average Bonchev–Trinajstić information content (AvgIpc) is 2.74. The van der Waals surface area contributed by atoms with Gasteiger partial charge in [0.1, 0.15) is 0 Å². The number of rotatable bonds is 3. The Labute approximate surface area is 111 Å². The number of nitrogens with two attached hydrogens (primary N) is 1. The summed E-state index contributed by atoms with van der Waals surface area (Å²) in [4.78, 5) is 2.19. The third-order valence-electron chi connectivity index (χ3n) is 3.97. The summed E-state index contributed by atoms with van der Waals surface area (Å²) in [5, 5.41) is 0. The van der Waals surface area contributed by atoms with Crippen molar-refractivity contribution >= 4 is 0 Å². The van der Waals surface area contributed by atoms with Crippen LogP contribution in [0.3, 0.4) is 0 Å². The first-order valence-corrected chi connectivity index (χ1v) is 6.54. The van der Waals surface area contributed by atoms with Crippen LogP contribution in [0.4, 0.5) is 13.2 Å². The molecule has 1 aromatic rings. The predicted molar refractivity (Wildman–Crippen MR) is 68.5 cm³/mol. The molecular weight excluding hydrogens is 253 g/mol. The first-order valence-electron chi connectivity index (χ1n) is 6.54. The highest BCUT2D eigenvalue weighted by atomic mass is 19.4. The van der Waals surface area contributed by atoms with Crippen molar-refractivity contribution in [1.29, 1.82) is 0 Å². The Hall–Kier alpha value is -1.07. The monoisotopic (exact) mass is 272 g/mol. The zero-order chi connectivity index (χ0) is 14.2. The van der Waals surface area contributed by atoms with E-state index in [0.29, 0.717) is 19.1 Å². The van der Waals surface area contributed by atoms with E-state index in [0.717, 1.165) is 23.6 Å². The van der Waals surface area contributed by atoms with Crippen LogP contribution in [0.2, 0.25) is 0 Å². The minimum atomic E-state index is -4.29. The molecular formula is C14H19F3N2. The van der Waals surface area contributed by atoms with Crippen molar-refractivity contribution in [2.75, 3.05) is 6.54 Å². The summed E-state index contributed by atoms with van der Waals surface area (Å²) in [5.41, 5.74) is 6.88. The lowest BCUT2D eigenvalue weighted by Gasteiger charge is -2.29. The highest BCUT2D eigenvalue weighted by molar-refractivity contribution is 5.39. The molecule has 2 N–H and O–H groups in total. The number of alkyl halides is 3. The van der Waals surface area contributed by atoms with Crippen molar-refractivity contribution in [3.8, 4) is 0 Å². The lowest BCUT2D eigenvalue weighted by atomic mass is 10.0. The Bertz CT molecular complexity index is 456. The Morgan fingerprint density at radius 3 is 2.63 bits per heavy atom. The zero-order valence-corrected chi connectivity index (χ0v) is 11.2. The van der Waals surface area contributed by atoms with E-state index >= 15 is 0 Å². The summed E-state index contributed by atoms with van der Waals surface area (Å²) in [5.74, 6) is 0. The van der Waals surface area contributed by atoms with Crippen molar-refractivity contribution in [1.82, 2.24) is 4.90 Å². The molecule has 106 valence electrons. The normalized spacial score (nSPS) is 21.5. The molecule has 0 amide bonds. The third kappa shape index (κ3) is 2.62. The Morgan fingerprint density at radius 2 is 2.11 bits per heavy atom. The topological polar surface area (TPSA) is 29.3 Å². The number of hydrogen-bond donors (Lipinski definition) is 1. The van der Waals surface area contributed by atoms with E-state index in [2.05, 4.69) is 18.7 Å². The molecule has 2 rings (SSSR count). The summed E-state index contributed by atoms with van der Waals surface area (Å²) < 4.78 is 38.3. The summed E-state index contributed by atoms with van der Waals surface area (Å²) >= 11 is 0. The molecule has 19 heavy (non-hydrogen) atoms. The lowest BCUT2D eigenvalue weighted by Crippen LogP contribution is -2.34. The van der Waals surface area contributed by atoms with Crippen LogP contribution in [0.15, 0.2) is 18.2 Å². The van der Waals surface area contributed by atoms with E-state index in [4.69, 9.17) is 5.73 Å². The van der Waals surface area contributed by atoms with Crippen LogP contribution in [-0.2, 0) is 12.7 Å². The smallest absolute Gasteiger partial charge is 0.329 e. The van der Waals surface area contributed by atoms with Crippen LogP contribution in [0.5, 0.6) is 0 Å². The molecule has 1 aliphatic rings. The van der Waals surface area contributed by atoms with E-state index < -0.39 is 11.7 Å². The molecule has 5 heteroatoms. The maximum atomic E-state index is 12.8. The highest BCUT2D eigenvalue weighted by Gasteiger charge is 2.36. The van der Waals surface area contributed by atoms with Gasteiger partial charge in [-0.05, 0) is 36.6 Å². The van der Waals surface area contributed by atoms with Gasteiger partial charge in [0.05, 0.1) is 5.56 Å². The second-order valence-electron chi connectivity index (χ2n) is 5.09. The fourth-order valence-corrected chi connectivity index (χ4v) is 2.67. The fourth-order valence-electron chi connectivity index (χ4n) is 2.67.